The summed E-state index contributed by atoms with van der Waals surface area (Å²) in [5.41, 5.74) is -1.30. The highest BCUT2D eigenvalue weighted by molar-refractivity contribution is 9.10. The molecular formula is C10H3BrClF4N. The monoisotopic (exact) mass is 327 g/mol. The van der Waals surface area contributed by atoms with Gasteiger partial charge in [0.25, 0.3) is 0 Å². The van der Waals surface area contributed by atoms with Crippen LogP contribution in [0.15, 0.2) is 22.7 Å². The highest BCUT2D eigenvalue weighted by Gasteiger charge is 2.33. The van der Waals surface area contributed by atoms with Gasteiger partial charge in [-0.25, -0.2) is 9.37 Å². The molecule has 0 aliphatic rings. The van der Waals surface area contributed by atoms with Gasteiger partial charge in [0, 0.05) is 4.47 Å². The first-order valence-electron chi connectivity index (χ1n) is 4.32. The molecule has 2 rings (SSSR count). The molecule has 7 heteroatoms. The van der Waals surface area contributed by atoms with Crippen LogP contribution in [0.1, 0.15) is 5.69 Å². The molecule has 0 saturated carbocycles. The molecule has 0 radical (unpaired) electrons. The summed E-state index contributed by atoms with van der Waals surface area (Å²) in [5.74, 6) is -0.713. The number of pyridine rings is 1. The maximum atomic E-state index is 13.4. The molecule has 0 spiro atoms. The van der Waals surface area contributed by atoms with Crippen molar-refractivity contribution in [3.05, 3.63) is 39.2 Å². The Morgan fingerprint density at radius 2 is 1.88 bits per heavy atom. The topological polar surface area (TPSA) is 12.9 Å². The first kappa shape index (κ1) is 12.6. The van der Waals surface area contributed by atoms with Crippen molar-refractivity contribution in [1.29, 1.82) is 0 Å². The van der Waals surface area contributed by atoms with E-state index in [0.29, 0.717) is 6.07 Å². The molecule has 2 aromatic rings. The first-order valence-corrected chi connectivity index (χ1v) is 5.49. The van der Waals surface area contributed by atoms with Crippen molar-refractivity contribution in [2.45, 2.75) is 6.18 Å². The Bertz CT molecular complexity index is 597. The van der Waals surface area contributed by atoms with Gasteiger partial charge in [0.05, 0.1) is 15.9 Å². The summed E-state index contributed by atoms with van der Waals surface area (Å²) in [5, 5.41) is -0.449. The van der Waals surface area contributed by atoms with Gasteiger partial charge in [-0.15, -0.1) is 0 Å². The molecule has 1 heterocycles. The van der Waals surface area contributed by atoms with Gasteiger partial charge in [-0.2, -0.15) is 13.2 Å². The number of fused-ring (bicyclic) bond motifs is 1. The Balaban J connectivity index is 2.87. The SMILES string of the molecule is Fc1ccc(Br)c2nc(C(F)(F)F)cc(Cl)c12. The molecule has 90 valence electrons. The van der Waals surface area contributed by atoms with Crippen molar-refractivity contribution in [1.82, 2.24) is 4.98 Å². The van der Waals surface area contributed by atoms with Crippen LogP contribution in [0.5, 0.6) is 0 Å². The van der Waals surface area contributed by atoms with E-state index >= 15 is 0 Å². The average molecular weight is 328 g/mol. The van der Waals surface area contributed by atoms with Gasteiger partial charge < -0.3 is 0 Å². The van der Waals surface area contributed by atoms with Gasteiger partial charge in [0.1, 0.15) is 11.5 Å². The number of benzene rings is 1. The molecule has 0 bridgehead atoms. The minimum absolute atomic E-state index is 0.131. The highest BCUT2D eigenvalue weighted by Crippen LogP contribution is 2.36. The fraction of sp³-hybridized carbons (Fsp3) is 0.100. The van der Waals surface area contributed by atoms with Crippen LogP contribution < -0.4 is 0 Å². The predicted molar refractivity (Wildman–Crippen MR) is 59.4 cm³/mol. The second-order valence-corrected chi connectivity index (χ2v) is 4.50. The molecule has 1 nitrogen and oxygen atoms in total. The molecule has 0 aliphatic carbocycles. The van der Waals surface area contributed by atoms with E-state index in [9.17, 15) is 17.6 Å². The third kappa shape index (κ3) is 2.24. The van der Waals surface area contributed by atoms with Crippen molar-refractivity contribution in [3.63, 3.8) is 0 Å². The number of hydrogen-bond donors (Lipinski definition) is 0. The fourth-order valence-corrected chi connectivity index (χ4v) is 2.07. The summed E-state index contributed by atoms with van der Waals surface area (Å²) < 4.78 is 51.2. The van der Waals surface area contributed by atoms with E-state index in [-0.39, 0.29) is 20.4 Å². The number of hydrogen-bond acceptors (Lipinski definition) is 1. The van der Waals surface area contributed by atoms with Crippen LogP contribution in [0.2, 0.25) is 5.02 Å². The van der Waals surface area contributed by atoms with Crippen LogP contribution in [0.25, 0.3) is 10.9 Å². The van der Waals surface area contributed by atoms with Crippen molar-refractivity contribution >= 4 is 38.4 Å². The zero-order chi connectivity index (χ0) is 12.8. The standard InChI is InChI=1S/C10H3BrClF4N/c11-4-1-2-6(13)8-5(12)3-7(10(14,15)16)17-9(4)8/h1-3H. The summed E-state index contributed by atoms with van der Waals surface area (Å²) in [7, 11) is 0. The lowest BCUT2D eigenvalue weighted by molar-refractivity contribution is -0.140. The first-order chi connectivity index (χ1) is 7.80. The van der Waals surface area contributed by atoms with Crippen molar-refractivity contribution in [2.75, 3.05) is 0 Å². The van der Waals surface area contributed by atoms with Crippen molar-refractivity contribution < 1.29 is 17.6 Å². The Hall–Kier alpha value is -0.880. The number of halogens is 6. The van der Waals surface area contributed by atoms with E-state index in [2.05, 4.69) is 20.9 Å². The molecule has 17 heavy (non-hydrogen) atoms. The van der Waals surface area contributed by atoms with Crippen LogP contribution in [-0.2, 0) is 6.18 Å². The summed E-state index contributed by atoms with van der Waals surface area (Å²) in [6.45, 7) is 0. The molecule has 0 N–H and O–H groups in total. The molecule has 0 atom stereocenters. The van der Waals surface area contributed by atoms with E-state index in [1.807, 2.05) is 0 Å². The van der Waals surface area contributed by atoms with Crippen LogP contribution in [0, 0.1) is 5.82 Å². The lowest BCUT2D eigenvalue weighted by Gasteiger charge is -2.09. The zero-order valence-corrected chi connectivity index (χ0v) is 10.3. The second-order valence-electron chi connectivity index (χ2n) is 3.24. The molecule has 1 aromatic carbocycles. The van der Waals surface area contributed by atoms with E-state index in [0.717, 1.165) is 6.07 Å². The van der Waals surface area contributed by atoms with Gasteiger partial charge in [0.2, 0.25) is 0 Å². The Labute approximate surface area is 107 Å². The average Bonchev–Trinajstić information content (AvgIpc) is 2.21. The van der Waals surface area contributed by atoms with Gasteiger partial charge in [0.15, 0.2) is 0 Å². The maximum absolute atomic E-state index is 13.4. The van der Waals surface area contributed by atoms with Crippen LogP contribution in [0.4, 0.5) is 17.6 Å². The van der Waals surface area contributed by atoms with Gasteiger partial charge in [-0.1, -0.05) is 11.6 Å². The highest BCUT2D eigenvalue weighted by atomic mass is 79.9. The summed E-state index contributed by atoms with van der Waals surface area (Å²) >= 11 is 8.66. The van der Waals surface area contributed by atoms with Crippen LogP contribution in [0.3, 0.4) is 0 Å². The van der Waals surface area contributed by atoms with E-state index in [1.165, 1.54) is 6.07 Å². The van der Waals surface area contributed by atoms with Gasteiger partial charge in [-0.05, 0) is 34.1 Å². The van der Waals surface area contributed by atoms with E-state index in [4.69, 9.17) is 11.6 Å². The lowest BCUT2D eigenvalue weighted by Crippen LogP contribution is -2.08. The quantitative estimate of drug-likeness (QED) is 0.633. The van der Waals surface area contributed by atoms with Gasteiger partial charge >= 0.3 is 6.18 Å². The summed E-state index contributed by atoms with van der Waals surface area (Å²) in [6.07, 6.45) is -4.62. The Kier molecular flexibility index (Phi) is 3.03. The fourth-order valence-electron chi connectivity index (χ4n) is 1.37. The third-order valence-electron chi connectivity index (χ3n) is 2.10. The second kappa shape index (κ2) is 4.10. The number of aromatic nitrogens is 1. The van der Waals surface area contributed by atoms with Crippen molar-refractivity contribution in [2.24, 2.45) is 0 Å². The van der Waals surface area contributed by atoms with Gasteiger partial charge in [-0.3, -0.25) is 0 Å². The van der Waals surface area contributed by atoms with E-state index in [1.54, 1.807) is 0 Å². The smallest absolute Gasteiger partial charge is 0.242 e. The molecule has 0 amide bonds. The predicted octanol–water partition coefficient (Wildman–Crippen LogP) is 4.81. The molecule has 0 unspecified atom stereocenters. The molecule has 1 aromatic heterocycles. The third-order valence-corrected chi connectivity index (χ3v) is 3.04. The Morgan fingerprint density at radius 3 is 2.47 bits per heavy atom. The Morgan fingerprint density at radius 1 is 1.24 bits per heavy atom. The van der Waals surface area contributed by atoms with Crippen LogP contribution in [-0.4, -0.2) is 4.98 Å². The number of rotatable bonds is 0. The lowest BCUT2D eigenvalue weighted by atomic mass is 10.2. The normalized spacial score (nSPS) is 12.1. The number of alkyl halides is 3. The molecule has 0 fully saturated rings. The minimum Gasteiger partial charge on any atom is -0.242 e. The molecular weight excluding hydrogens is 325 g/mol. The zero-order valence-electron chi connectivity index (χ0n) is 7.95. The maximum Gasteiger partial charge on any atom is 0.433 e. The summed E-state index contributed by atoms with van der Waals surface area (Å²) in [6, 6.07) is 2.99. The summed E-state index contributed by atoms with van der Waals surface area (Å²) in [4.78, 5) is 3.37. The largest absolute Gasteiger partial charge is 0.433 e. The molecule has 0 saturated heterocycles. The van der Waals surface area contributed by atoms with Crippen LogP contribution >= 0.6 is 27.5 Å². The number of nitrogens with zero attached hydrogens (tertiary/aromatic N) is 1. The van der Waals surface area contributed by atoms with E-state index < -0.39 is 17.7 Å². The minimum atomic E-state index is -4.62. The molecule has 0 aliphatic heterocycles. The van der Waals surface area contributed by atoms with Crippen molar-refractivity contribution in [3.8, 4) is 0 Å².